The molecule has 0 spiro atoms. The average Bonchev–Trinajstić information content (AvgIpc) is 3.28. The van der Waals surface area contributed by atoms with E-state index in [-0.39, 0.29) is 24.7 Å². The molecule has 0 radical (unpaired) electrons. The Morgan fingerprint density at radius 2 is 1.82 bits per heavy atom. The molecule has 3 heterocycles. The van der Waals surface area contributed by atoms with Gasteiger partial charge in [0.05, 0.1) is 17.3 Å². The Morgan fingerprint density at radius 1 is 1.12 bits per heavy atom. The number of H-pyrrole nitrogens is 1. The van der Waals surface area contributed by atoms with Crippen molar-refractivity contribution in [1.82, 2.24) is 14.5 Å². The monoisotopic (exact) mass is 483 g/mol. The Bertz CT molecular complexity index is 1190. The van der Waals surface area contributed by atoms with Gasteiger partial charge in [0.15, 0.2) is 11.6 Å². The van der Waals surface area contributed by atoms with Crippen LogP contribution in [-0.2, 0) is 23.8 Å². The van der Waals surface area contributed by atoms with E-state index in [0.717, 1.165) is 0 Å². The third-order valence-electron chi connectivity index (χ3n) is 5.34. The number of ether oxygens (including phenoxy) is 1. The van der Waals surface area contributed by atoms with Crippen LogP contribution in [0.4, 0.5) is 46.8 Å². The third kappa shape index (κ3) is 3.56. The van der Waals surface area contributed by atoms with Crippen molar-refractivity contribution in [3.63, 3.8) is 0 Å². The van der Waals surface area contributed by atoms with Crippen molar-refractivity contribution in [3.05, 3.63) is 41.6 Å². The van der Waals surface area contributed by atoms with E-state index in [1.54, 1.807) is 17.6 Å². The molecule has 4 rings (SSSR count). The van der Waals surface area contributed by atoms with Crippen molar-refractivity contribution in [2.24, 2.45) is 0 Å². The molecule has 14 heteroatoms. The summed E-state index contributed by atoms with van der Waals surface area (Å²) in [7, 11) is 1.41. The maximum atomic E-state index is 14.1. The second kappa shape index (κ2) is 7.50. The fraction of sp³-hybridized carbons (Fsp3) is 0.421. The van der Waals surface area contributed by atoms with Crippen LogP contribution in [-0.4, -0.2) is 39.8 Å². The van der Waals surface area contributed by atoms with Crippen LogP contribution in [0.25, 0.3) is 10.9 Å². The van der Waals surface area contributed by atoms with E-state index >= 15 is 0 Å². The molecule has 6 nitrogen and oxygen atoms in total. The maximum absolute atomic E-state index is 14.1. The Kier molecular flexibility index (Phi) is 5.26. The molecule has 1 unspecified atom stereocenters. The van der Waals surface area contributed by atoms with E-state index in [4.69, 9.17) is 4.74 Å². The van der Waals surface area contributed by atoms with Crippen molar-refractivity contribution < 1.29 is 39.9 Å². The molecule has 0 bridgehead atoms. The molecule has 0 saturated heterocycles. The van der Waals surface area contributed by atoms with Gasteiger partial charge in [-0.2, -0.15) is 30.7 Å². The van der Waals surface area contributed by atoms with E-state index in [1.807, 2.05) is 4.98 Å². The standard InChI is InChI=1S/C19H17F8N5O/c1-9-5-12-15(29-16(28-12)17(21,22)18(23,24)19(25,26)27)30-32(9)14-6-10-3-4-11(20)7-13(10)31(14)8-33-2/h3-4,6-7,9,30H,5,8H2,1-2H3,(H,28,29). The minimum absolute atomic E-state index is 0.0122. The minimum atomic E-state index is -6.48. The summed E-state index contributed by atoms with van der Waals surface area (Å²) in [5, 5.41) is 2.09. The van der Waals surface area contributed by atoms with Gasteiger partial charge in [-0.25, -0.2) is 9.37 Å². The number of hydrogen-bond donors (Lipinski definition) is 2. The second-order valence-electron chi connectivity index (χ2n) is 7.65. The van der Waals surface area contributed by atoms with E-state index in [1.165, 1.54) is 30.3 Å². The summed E-state index contributed by atoms with van der Waals surface area (Å²) in [6, 6.07) is 5.20. The molecule has 1 aliphatic rings. The first kappa shape index (κ1) is 23.1. The molecular weight excluding hydrogens is 466 g/mol. The number of hydrogen-bond acceptors (Lipinski definition) is 4. The van der Waals surface area contributed by atoms with Crippen molar-refractivity contribution >= 4 is 22.5 Å². The number of anilines is 2. The van der Waals surface area contributed by atoms with Gasteiger partial charge in [0, 0.05) is 18.9 Å². The van der Waals surface area contributed by atoms with Gasteiger partial charge in [-0.1, -0.05) is 0 Å². The Labute approximate surface area is 181 Å². The quantitative estimate of drug-likeness (QED) is 0.492. The lowest BCUT2D eigenvalue weighted by molar-refractivity contribution is -0.361. The summed E-state index contributed by atoms with van der Waals surface area (Å²) < 4.78 is 113. The number of hydrazine groups is 1. The molecule has 180 valence electrons. The highest BCUT2D eigenvalue weighted by molar-refractivity contribution is 5.86. The topological polar surface area (TPSA) is 58.1 Å². The van der Waals surface area contributed by atoms with Crippen LogP contribution in [0.15, 0.2) is 24.3 Å². The van der Waals surface area contributed by atoms with E-state index in [0.29, 0.717) is 16.7 Å². The van der Waals surface area contributed by atoms with E-state index < -0.39 is 35.7 Å². The molecule has 1 aromatic carbocycles. The van der Waals surface area contributed by atoms with Crippen LogP contribution in [0, 0.1) is 5.82 Å². The summed E-state index contributed by atoms with van der Waals surface area (Å²) in [6.45, 7) is 1.65. The molecule has 33 heavy (non-hydrogen) atoms. The number of imidazole rings is 1. The first-order valence-electron chi connectivity index (χ1n) is 9.53. The van der Waals surface area contributed by atoms with E-state index in [2.05, 4.69) is 10.4 Å². The fourth-order valence-corrected chi connectivity index (χ4v) is 3.70. The van der Waals surface area contributed by atoms with Crippen molar-refractivity contribution in [2.75, 3.05) is 17.5 Å². The molecule has 2 aromatic heterocycles. The number of alkyl halides is 7. The zero-order valence-electron chi connectivity index (χ0n) is 17.1. The lowest BCUT2D eigenvalue weighted by Crippen LogP contribution is -2.50. The lowest BCUT2D eigenvalue weighted by Gasteiger charge is -2.35. The Hall–Kier alpha value is -3.03. The van der Waals surface area contributed by atoms with Gasteiger partial charge in [-0.05, 0) is 31.2 Å². The van der Waals surface area contributed by atoms with Crippen molar-refractivity contribution in [2.45, 2.75) is 44.1 Å². The number of nitrogens with zero attached hydrogens (tertiary/aromatic N) is 3. The Balaban J connectivity index is 1.73. The van der Waals surface area contributed by atoms with Gasteiger partial charge in [0.1, 0.15) is 18.4 Å². The smallest absolute Gasteiger partial charge is 0.364 e. The van der Waals surface area contributed by atoms with Gasteiger partial charge in [0.25, 0.3) is 0 Å². The summed E-state index contributed by atoms with van der Waals surface area (Å²) >= 11 is 0. The number of halogens is 8. The number of aromatic nitrogens is 3. The van der Waals surface area contributed by atoms with Gasteiger partial charge in [-0.15, -0.1) is 0 Å². The van der Waals surface area contributed by atoms with Crippen LogP contribution in [0.1, 0.15) is 18.4 Å². The van der Waals surface area contributed by atoms with Crippen molar-refractivity contribution in [1.29, 1.82) is 0 Å². The number of aromatic amines is 1. The predicted molar refractivity (Wildman–Crippen MR) is 102 cm³/mol. The largest absolute Gasteiger partial charge is 0.460 e. The number of rotatable bonds is 5. The second-order valence-corrected chi connectivity index (χ2v) is 7.65. The van der Waals surface area contributed by atoms with Gasteiger partial charge in [0.2, 0.25) is 0 Å². The van der Waals surface area contributed by atoms with Crippen LogP contribution >= 0.6 is 0 Å². The predicted octanol–water partition coefficient (Wildman–Crippen LogP) is 5.17. The molecule has 1 aliphatic heterocycles. The maximum Gasteiger partial charge on any atom is 0.460 e. The summed E-state index contributed by atoms with van der Waals surface area (Å²) in [5.74, 6) is -14.2. The zero-order chi connectivity index (χ0) is 24.3. The Morgan fingerprint density at radius 3 is 2.45 bits per heavy atom. The number of methoxy groups -OCH3 is 1. The minimum Gasteiger partial charge on any atom is -0.364 e. The van der Waals surface area contributed by atoms with Crippen LogP contribution in [0.3, 0.4) is 0 Å². The van der Waals surface area contributed by atoms with Gasteiger partial charge < -0.3 is 14.3 Å². The summed E-state index contributed by atoms with van der Waals surface area (Å²) in [4.78, 5) is 5.23. The van der Waals surface area contributed by atoms with Gasteiger partial charge in [-0.3, -0.25) is 10.4 Å². The highest BCUT2D eigenvalue weighted by atomic mass is 19.4. The molecule has 0 fully saturated rings. The van der Waals surface area contributed by atoms with Crippen molar-refractivity contribution in [3.8, 4) is 0 Å². The van der Waals surface area contributed by atoms with Crippen LogP contribution in [0.5, 0.6) is 0 Å². The molecule has 3 aromatic rings. The molecule has 2 N–H and O–H groups in total. The zero-order valence-corrected chi connectivity index (χ0v) is 17.1. The number of fused-ring (bicyclic) bond motifs is 2. The highest BCUT2D eigenvalue weighted by Crippen LogP contribution is 2.51. The number of nitrogens with one attached hydrogen (secondary N) is 2. The molecule has 0 amide bonds. The van der Waals surface area contributed by atoms with Crippen LogP contribution in [0.2, 0.25) is 0 Å². The average molecular weight is 483 g/mol. The van der Waals surface area contributed by atoms with Gasteiger partial charge >= 0.3 is 18.0 Å². The first-order chi connectivity index (χ1) is 15.3. The normalized spacial score (nSPS) is 17.4. The lowest BCUT2D eigenvalue weighted by atomic mass is 10.1. The third-order valence-corrected chi connectivity index (χ3v) is 5.34. The fourth-order valence-electron chi connectivity index (χ4n) is 3.70. The SMILES string of the molecule is COCn1c(N2Nc3nc(C(F)(F)C(F)(F)C(F)(F)F)[nH]c3CC2C)cc2ccc(F)cc21. The van der Waals surface area contributed by atoms with Crippen LogP contribution < -0.4 is 10.4 Å². The molecule has 0 aliphatic carbocycles. The molecule has 0 saturated carbocycles. The summed E-state index contributed by atoms with van der Waals surface area (Å²) in [6.07, 6.45) is -6.52. The molecular formula is C19H17F8N5O. The van der Waals surface area contributed by atoms with E-state index in [9.17, 15) is 35.1 Å². The highest BCUT2D eigenvalue weighted by Gasteiger charge is 2.75. The first-order valence-corrected chi connectivity index (χ1v) is 9.53. The number of benzene rings is 1. The summed E-state index contributed by atoms with van der Waals surface area (Å²) in [5.41, 5.74) is 3.08. The molecule has 1 atom stereocenters.